The Bertz CT molecular complexity index is 681. The predicted octanol–water partition coefficient (Wildman–Crippen LogP) is 3.78. The van der Waals surface area contributed by atoms with Crippen molar-refractivity contribution in [2.45, 2.75) is 18.5 Å². The molecule has 0 aromatic carbocycles. The number of hydrogen-bond acceptors (Lipinski definition) is 3. The summed E-state index contributed by atoms with van der Waals surface area (Å²) in [5.41, 5.74) is 5.58. The molecule has 8 heteroatoms. The highest BCUT2D eigenvalue weighted by molar-refractivity contribution is 6.31. The van der Waals surface area contributed by atoms with E-state index in [2.05, 4.69) is 15.0 Å². The Hall–Kier alpha value is -2.15. The van der Waals surface area contributed by atoms with Crippen LogP contribution in [0.1, 0.15) is 12.6 Å². The number of rotatable bonds is 3. The molecule has 0 aliphatic carbocycles. The number of pyridine rings is 2. The van der Waals surface area contributed by atoms with Gasteiger partial charge in [0.2, 0.25) is 0 Å². The van der Waals surface area contributed by atoms with Crippen LogP contribution in [0.2, 0.25) is 0 Å². The zero-order chi connectivity index (χ0) is 16.3. The molecule has 0 fully saturated rings. The Morgan fingerprint density at radius 2 is 2.00 bits per heavy atom. The summed E-state index contributed by atoms with van der Waals surface area (Å²) < 4.78 is 37.4. The van der Waals surface area contributed by atoms with Crippen molar-refractivity contribution >= 4 is 23.3 Å². The van der Waals surface area contributed by atoms with Gasteiger partial charge in [-0.05, 0) is 31.2 Å². The molecule has 0 aliphatic rings. The summed E-state index contributed by atoms with van der Waals surface area (Å²) in [5.74, 6) is 0.527. The fourth-order valence-electron chi connectivity index (χ4n) is 1.58. The van der Waals surface area contributed by atoms with Crippen LogP contribution in [0.3, 0.4) is 0 Å². The van der Waals surface area contributed by atoms with Gasteiger partial charge in [0.25, 0.3) is 0 Å². The third-order valence-corrected chi connectivity index (χ3v) is 2.96. The minimum Gasteiger partial charge on any atom is -0.386 e. The van der Waals surface area contributed by atoms with E-state index in [9.17, 15) is 13.2 Å². The van der Waals surface area contributed by atoms with E-state index >= 15 is 0 Å². The maximum atomic E-state index is 12.5. The first-order valence-electron chi connectivity index (χ1n) is 6.26. The maximum Gasteiger partial charge on any atom is 0.433 e. The van der Waals surface area contributed by atoms with Gasteiger partial charge < -0.3 is 5.73 Å². The number of amidine groups is 1. The molecule has 4 nitrogen and oxygen atoms in total. The SMILES string of the molecule is CC(Cl)C(N)=Nc1cccc(-c2ccc(C(F)(F)F)nc2)n1. The first-order valence-corrected chi connectivity index (χ1v) is 6.70. The van der Waals surface area contributed by atoms with Crippen molar-refractivity contribution in [3.05, 3.63) is 42.2 Å². The van der Waals surface area contributed by atoms with E-state index < -0.39 is 17.2 Å². The second-order valence-corrected chi connectivity index (χ2v) is 5.12. The van der Waals surface area contributed by atoms with Crippen molar-refractivity contribution in [1.82, 2.24) is 9.97 Å². The molecule has 1 unspecified atom stereocenters. The molecule has 0 bridgehead atoms. The summed E-state index contributed by atoms with van der Waals surface area (Å²) in [5, 5.41) is -0.446. The van der Waals surface area contributed by atoms with Crippen LogP contribution in [-0.2, 0) is 6.18 Å². The van der Waals surface area contributed by atoms with Crippen molar-refractivity contribution in [3.63, 3.8) is 0 Å². The van der Waals surface area contributed by atoms with Crippen molar-refractivity contribution in [3.8, 4) is 11.3 Å². The van der Waals surface area contributed by atoms with Crippen LogP contribution in [0.5, 0.6) is 0 Å². The van der Waals surface area contributed by atoms with Crippen LogP contribution < -0.4 is 5.73 Å². The van der Waals surface area contributed by atoms with Crippen LogP contribution in [-0.4, -0.2) is 21.2 Å². The van der Waals surface area contributed by atoms with Crippen LogP contribution >= 0.6 is 11.6 Å². The van der Waals surface area contributed by atoms with Crippen molar-refractivity contribution in [2.75, 3.05) is 0 Å². The number of nitrogens with two attached hydrogens (primary N) is 1. The molecule has 0 saturated heterocycles. The average molecular weight is 329 g/mol. The van der Waals surface area contributed by atoms with Gasteiger partial charge in [-0.3, -0.25) is 4.98 Å². The Kier molecular flexibility index (Phi) is 4.65. The van der Waals surface area contributed by atoms with Crippen molar-refractivity contribution in [1.29, 1.82) is 0 Å². The molecule has 2 aromatic rings. The zero-order valence-corrected chi connectivity index (χ0v) is 12.2. The molecule has 0 spiro atoms. The van der Waals surface area contributed by atoms with Crippen LogP contribution in [0, 0.1) is 0 Å². The summed E-state index contributed by atoms with van der Waals surface area (Å²) in [6.07, 6.45) is -3.35. The number of alkyl halides is 4. The molecule has 22 heavy (non-hydrogen) atoms. The Balaban J connectivity index is 2.32. The molecule has 0 aliphatic heterocycles. The lowest BCUT2D eigenvalue weighted by Crippen LogP contribution is -2.20. The maximum absolute atomic E-state index is 12.5. The topological polar surface area (TPSA) is 64.2 Å². The fraction of sp³-hybridized carbons (Fsp3) is 0.214. The van der Waals surface area contributed by atoms with Gasteiger partial charge in [-0.2, -0.15) is 13.2 Å². The van der Waals surface area contributed by atoms with E-state index in [1.807, 2.05) is 0 Å². The van der Waals surface area contributed by atoms with Gasteiger partial charge in [0.05, 0.1) is 11.1 Å². The molecule has 2 heterocycles. The van der Waals surface area contributed by atoms with E-state index in [-0.39, 0.29) is 5.84 Å². The van der Waals surface area contributed by atoms with Crippen molar-refractivity contribution in [2.24, 2.45) is 10.7 Å². The van der Waals surface area contributed by atoms with Crippen LogP contribution in [0.4, 0.5) is 19.0 Å². The quantitative estimate of drug-likeness (QED) is 0.530. The number of halogens is 4. The van der Waals surface area contributed by atoms with Crippen LogP contribution in [0.25, 0.3) is 11.3 Å². The van der Waals surface area contributed by atoms with E-state index in [0.29, 0.717) is 17.1 Å². The van der Waals surface area contributed by atoms with Crippen molar-refractivity contribution < 1.29 is 13.2 Å². The van der Waals surface area contributed by atoms with E-state index in [1.54, 1.807) is 25.1 Å². The Morgan fingerprint density at radius 3 is 2.55 bits per heavy atom. The molecule has 0 amide bonds. The zero-order valence-electron chi connectivity index (χ0n) is 11.5. The Labute approximate surface area is 129 Å². The number of hydrogen-bond donors (Lipinski definition) is 1. The molecule has 2 N–H and O–H groups in total. The highest BCUT2D eigenvalue weighted by atomic mass is 35.5. The predicted molar refractivity (Wildman–Crippen MR) is 79.1 cm³/mol. The van der Waals surface area contributed by atoms with Gasteiger partial charge in [0.15, 0.2) is 5.82 Å². The number of aliphatic imine (C=N–C) groups is 1. The molecular formula is C14H12ClF3N4. The highest BCUT2D eigenvalue weighted by Gasteiger charge is 2.32. The summed E-state index contributed by atoms with van der Waals surface area (Å²) >= 11 is 5.79. The van der Waals surface area contributed by atoms with E-state index in [1.165, 1.54) is 6.07 Å². The third kappa shape index (κ3) is 3.94. The highest BCUT2D eigenvalue weighted by Crippen LogP contribution is 2.28. The summed E-state index contributed by atoms with van der Waals surface area (Å²) in [4.78, 5) is 11.7. The summed E-state index contributed by atoms with van der Waals surface area (Å²) in [6.45, 7) is 1.67. The largest absolute Gasteiger partial charge is 0.433 e. The van der Waals surface area contributed by atoms with Gasteiger partial charge >= 0.3 is 6.18 Å². The summed E-state index contributed by atoms with van der Waals surface area (Å²) in [6, 6.07) is 7.14. The lowest BCUT2D eigenvalue weighted by Gasteiger charge is -2.07. The molecule has 0 radical (unpaired) electrons. The fourth-order valence-corrected chi connectivity index (χ4v) is 1.63. The number of aromatic nitrogens is 2. The molecule has 2 aromatic heterocycles. The van der Waals surface area contributed by atoms with Gasteiger partial charge in [0.1, 0.15) is 11.5 Å². The van der Waals surface area contributed by atoms with E-state index in [4.69, 9.17) is 17.3 Å². The molecule has 1 atom stereocenters. The number of nitrogens with zero attached hydrogens (tertiary/aromatic N) is 3. The lowest BCUT2D eigenvalue weighted by atomic mass is 10.2. The second kappa shape index (κ2) is 6.31. The molecular weight excluding hydrogens is 317 g/mol. The monoisotopic (exact) mass is 328 g/mol. The summed E-state index contributed by atoms with van der Waals surface area (Å²) in [7, 11) is 0. The molecule has 2 rings (SSSR count). The minimum atomic E-state index is -4.47. The lowest BCUT2D eigenvalue weighted by molar-refractivity contribution is -0.141. The van der Waals surface area contributed by atoms with Gasteiger partial charge in [0, 0.05) is 11.8 Å². The Morgan fingerprint density at radius 1 is 1.27 bits per heavy atom. The standard InChI is InChI=1S/C14H12ClF3N4/c1-8(15)13(19)22-12-4-2-3-10(21-12)9-5-6-11(20-7-9)14(16,17)18/h2-8H,1H3,(H2,19,21,22). The average Bonchev–Trinajstić information content (AvgIpc) is 2.46. The second-order valence-electron chi connectivity index (χ2n) is 4.46. The third-order valence-electron chi connectivity index (χ3n) is 2.74. The minimum absolute atomic E-state index is 0.205. The van der Waals surface area contributed by atoms with Gasteiger partial charge in [-0.1, -0.05) is 6.07 Å². The van der Waals surface area contributed by atoms with Crippen LogP contribution in [0.15, 0.2) is 41.5 Å². The first-order chi connectivity index (χ1) is 10.3. The molecule has 0 saturated carbocycles. The van der Waals surface area contributed by atoms with Gasteiger partial charge in [-0.15, -0.1) is 11.6 Å². The van der Waals surface area contributed by atoms with E-state index in [0.717, 1.165) is 12.3 Å². The normalized spacial score (nSPS) is 14.0. The van der Waals surface area contributed by atoms with Gasteiger partial charge in [-0.25, -0.2) is 9.98 Å². The first kappa shape index (κ1) is 16.2. The smallest absolute Gasteiger partial charge is 0.386 e. The molecule has 116 valence electrons.